The Hall–Kier alpha value is -0.0726. The van der Waals surface area contributed by atoms with E-state index >= 15 is 0 Å². The van der Waals surface area contributed by atoms with Crippen molar-refractivity contribution in [3.63, 3.8) is 0 Å². The van der Waals surface area contributed by atoms with Gasteiger partial charge in [-0.05, 0) is 23.6 Å². The third-order valence-corrected chi connectivity index (χ3v) is 2.38. The number of benzene rings is 1. The summed E-state index contributed by atoms with van der Waals surface area (Å²) in [5.74, 6) is 0.397. The molecule has 68 valence electrons. The van der Waals surface area contributed by atoms with Gasteiger partial charge in [0.25, 0.3) is 0 Å². The molecule has 0 saturated carbocycles. The summed E-state index contributed by atoms with van der Waals surface area (Å²) in [5.41, 5.74) is 1.09. The van der Waals surface area contributed by atoms with Gasteiger partial charge in [-0.1, -0.05) is 26.0 Å². The summed E-state index contributed by atoms with van der Waals surface area (Å²) in [5, 5.41) is 0. The fourth-order valence-corrected chi connectivity index (χ4v) is 1.41. The van der Waals surface area contributed by atoms with Crippen LogP contribution in [-0.2, 0) is 11.1 Å². The van der Waals surface area contributed by atoms with Crippen LogP contribution in [0.3, 0.4) is 0 Å². The van der Waals surface area contributed by atoms with Crippen LogP contribution in [0.1, 0.15) is 25.3 Å². The van der Waals surface area contributed by atoms with E-state index in [2.05, 4.69) is 13.8 Å². The van der Waals surface area contributed by atoms with Gasteiger partial charge in [-0.15, -0.1) is 0 Å². The van der Waals surface area contributed by atoms with Gasteiger partial charge in [-0.2, -0.15) is 0 Å². The Labute approximate surface area is 93.2 Å². The van der Waals surface area contributed by atoms with Crippen LogP contribution in [0.15, 0.2) is 29.2 Å². The maximum atomic E-state index is 10.7. The van der Waals surface area contributed by atoms with Crippen molar-refractivity contribution in [2.45, 2.75) is 24.7 Å². The van der Waals surface area contributed by atoms with Crippen molar-refractivity contribution in [1.29, 1.82) is 0 Å². The summed E-state index contributed by atoms with van der Waals surface area (Å²) >= 11 is -1.86. The molecule has 1 aromatic carbocycles. The number of rotatable bonds is 2. The molecule has 1 rings (SSSR count). The zero-order valence-electron chi connectivity index (χ0n) is 7.15. The molecule has 1 aromatic rings. The van der Waals surface area contributed by atoms with Gasteiger partial charge in [0.05, 0.1) is 4.90 Å². The maximum absolute atomic E-state index is 10.7. The van der Waals surface area contributed by atoms with Crippen molar-refractivity contribution < 1.29 is 8.76 Å². The zero-order valence-corrected chi connectivity index (χ0v) is 7.97. The average Bonchev–Trinajstić information content (AvgIpc) is 2.04. The predicted octanol–water partition coefficient (Wildman–Crippen LogP) is 1.74. The van der Waals surface area contributed by atoms with E-state index < -0.39 is 11.1 Å². The van der Waals surface area contributed by atoms with Crippen molar-refractivity contribution in [3.8, 4) is 0 Å². The fraction of sp³-hybridized carbons (Fsp3) is 0.333. The molecule has 1 N–H and O–H groups in total. The minimum absolute atomic E-state index is 0. The quantitative estimate of drug-likeness (QED) is 0.572. The molecule has 0 radical (unpaired) electrons. The van der Waals surface area contributed by atoms with E-state index in [-0.39, 0.29) is 18.9 Å². The molecule has 0 fully saturated rings. The third-order valence-electron chi connectivity index (χ3n) is 1.73. The SMILES string of the molecule is CC(C)c1cccc(S(=O)O)c1.[LiH]. The predicted molar refractivity (Wildman–Crippen MR) is 56.7 cm³/mol. The molecular formula is C9H13LiO2S. The first-order valence-corrected chi connectivity index (χ1v) is 4.92. The van der Waals surface area contributed by atoms with Crippen LogP contribution in [0.5, 0.6) is 0 Å². The molecule has 4 heteroatoms. The van der Waals surface area contributed by atoms with Crippen LogP contribution >= 0.6 is 0 Å². The van der Waals surface area contributed by atoms with E-state index in [1.807, 2.05) is 6.07 Å². The molecule has 0 spiro atoms. The summed E-state index contributed by atoms with van der Waals surface area (Å²) < 4.78 is 19.5. The van der Waals surface area contributed by atoms with Crippen molar-refractivity contribution in [2.75, 3.05) is 0 Å². The van der Waals surface area contributed by atoms with E-state index in [9.17, 15) is 4.21 Å². The monoisotopic (exact) mass is 192 g/mol. The van der Waals surface area contributed by atoms with Gasteiger partial charge in [0.1, 0.15) is 0 Å². The van der Waals surface area contributed by atoms with Gasteiger partial charge in [-0.25, -0.2) is 4.21 Å². The van der Waals surface area contributed by atoms with Crippen LogP contribution in [0.2, 0.25) is 0 Å². The van der Waals surface area contributed by atoms with Crippen LogP contribution < -0.4 is 0 Å². The summed E-state index contributed by atoms with van der Waals surface area (Å²) in [4.78, 5) is 0.473. The Morgan fingerprint density at radius 1 is 1.38 bits per heavy atom. The van der Waals surface area contributed by atoms with Gasteiger partial charge in [-0.3, -0.25) is 0 Å². The summed E-state index contributed by atoms with van der Waals surface area (Å²) in [6.45, 7) is 4.11. The Balaban J connectivity index is 0.00000144. The molecule has 1 atom stereocenters. The molecular weight excluding hydrogens is 179 g/mol. The zero-order chi connectivity index (χ0) is 9.14. The first-order chi connectivity index (χ1) is 5.61. The van der Waals surface area contributed by atoms with E-state index in [4.69, 9.17) is 4.55 Å². The second kappa shape index (κ2) is 5.61. The topological polar surface area (TPSA) is 37.3 Å². The summed E-state index contributed by atoms with van der Waals surface area (Å²) in [6.07, 6.45) is 0. The Bertz CT molecular complexity index is 299. The number of hydrogen-bond acceptors (Lipinski definition) is 1. The standard InChI is InChI=1S/C9H12O2S.Li.H/c1-7(2)8-4-3-5-9(6-8)12(10)11;;/h3-7H,1-2H3,(H,10,11);;. The van der Waals surface area contributed by atoms with E-state index in [1.165, 1.54) is 0 Å². The molecule has 0 saturated heterocycles. The van der Waals surface area contributed by atoms with Gasteiger partial charge >= 0.3 is 18.9 Å². The number of hydrogen-bond donors (Lipinski definition) is 1. The first-order valence-electron chi connectivity index (χ1n) is 3.82. The van der Waals surface area contributed by atoms with Gasteiger partial charge in [0, 0.05) is 0 Å². The van der Waals surface area contributed by atoms with Crippen molar-refractivity contribution >= 4 is 29.9 Å². The molecule has 1 unspecified atom stereocenters. The third kappa shape index (κ3) is 3.66. The Morgan fingerprint density at radius 2 is 2.00 bits per heavy atom. The van der Waals surface area contributed by atoms with Crippen LogP contribution in [0, 0.1) is 0 Å². The van der Waals surface area contributed by atoms with Crippen molar-refractivity contribution in [1.82, 2.24) is 0 Å². The molecule has 0 aliphatic carbocycles. The minimum atomic E-state index is -1.86. The van der Waals surface area contributed by atoms with Crippen LogP contribution in [0.4, 0.5) is 0 Å². The summed E-state index contributed by atoms with van der Waals surface area (Å²) in [7, 11) is 0. The average molecular weight is 192 g/mol. The van der Waals surface area contributed by atoms with Crippen molar-refractivity contribution in [3.05, 3.63) is 29.8 Å². The molecule has 2 nitrogen and oxygen atoms in total. The van der Waals surface area contributed by atoms with E-state index in [0.29, 0.717) is 10.8 Å². The second-order valence-corrected chi connectivity index (χ2v) is 3.95. The summed E-state index contributed by atoms with van der Waals surface area (Å²) in [6, 6.07) is 7.18. The Morgan fingerprint density at radius 3 is 2.46 bits per heavy atom. The molecule has 0 aliphatic rings. The Kier molecular flexibility index (Phi) is 5.58. The molecule has 0 aromatic heterocycles. The molecule has 0 amide bonds. The molecule has 0 heterocycles. The van der Waals surface area contributed by atoms with E-state index in [0.717, 1.165) is 5.56 Å². The fourth-order valence-electron chi connectivity index (χ4n) is 0.982. The van der Waals surface area contributed by atoms with Crippen LogP contribution in [-0.4, -0.2) is 27.6 Å². The van der Waals surface area contributed by atoms with Crippen LogP contribution in [0.25, 0.3) is 0 Å². The second-order valence-electron chi connectivity index (χ2n) is 2.98. The van der Waals surface area contributed by atoms with Gasteiger partial charge < -0.3 is 4.55 Å². The first kappa shape index (κ1) is 12.9. The van der Waals surface area contributed by atoms with Gasteiger partial charge in [0.15, 0.2) is 11.1 Å². The molecule has 0 aliphatic heterocycles. The van der Waals surface area contributed by atoms with E-state index in [1.54, 1.807) is 18.2 Å². The molecule has 0 bridgehead atoms. The molecule has 13 heavy (non-hydrogen) atoms. The van der Waals surface area contributed by atoms with Crippen molar-refractivity contribution in [2.24, 2.45) is 0 Å². The normalized spacial score (nSPS) is 12.3. The van der Waals surface area contributed by atoms with Gasteiger partial charge in [0.2, 0.25) is 0 Å².